The smallest absolute Gasteiger partial charge is 0.306 e. The summed E-state index contributed by atoms with van der Waals surface area (Å²) in [7, 11) is -4.78. The number of allylic oxidation sites excluding steroid dienone is 4. The zero-order valence-electron chi connectivity index (χ0n) is 78.0. The Morgan fingerprint density at radius 3 is 1.23 bits per heavy atom. The second-order valence-electron chi connectivity index (χ2n) is 41.8. The number of hydrogen-bond donors (Lipinski definition) is 2. The van der Waals surface area contributed by atoms with Crippen LogP contribution in [0.2, 0.25) is 0 Å². The lowest BCUT2D eigenvalue weighted by molar-refractivity contribution is -0.155. The molecule has 30 heteroatoms. The number of amides is 4. The Hall–Kier alpha value is -10.1. The minimum atomic E-state index is -3.98. The van der Waals surface area contributed by atoms with Gasteiger partial charge in [0.1, 0.15) is 35.9 Å². The maximum absolute atomic E-state index is 15.3. The summed E-state index contributed by atoms with van der Waals surface area (Å²) in [5, 5.41) is 2.95. The van der Waals surface area contributed by atoms with Gasteiger partial charge in [0.15, 0.2) is 11.6 Å². The topological polar surface area (TPSA) is 361 Å². The molecule has 8 aliphatic carbocycles. The molecule has 708 valence electrons. The predicted molar refractivity (Wildman–Crippen MR) is 494 cm³/mol. The lowest BCUT2D eigenvalue weighted by Gasteiger charge is -2.32. The normalized spacial score (nSPS) is 32.0. The van der Waals surface area contributed by atoms with Gasteiger partial charge in [0.25, 0.3) is 0 Å². The van der Waals surface area contributed by atoms with Gasteiger partial charge in [-0.1, -0.05) is 52.0 Å². The minimum Gasteiger partial charge on any atom is -0.497 e. The van der Waals surface area contributed by atoms with Crippen molar-refractivity contribution in [1.82, 2.24) is 39.2 Å². The van der Waals surface area contributed by atoms with Gasteiger partial charge < -0.3 is 47.7 Å². The quantitative estimate of drug-likeness (QED) is 0.0420. The average Bonchev–Trinajstić information content (AvgIpc) is 1.56. The zero-order chi connectivity index (χ0) is 93.4. The molecule has 8 heterocycles. The summed E-state index contributed by atoms with van der Waals surface area (Å²) < 4.78 is 105. The van der Waals surface area contributed by atoms with Crippen LogP contribution in [0, 0.1) is 81.8 Å². The second-order valence-corrected chi connectivity index (χ2v) is 46.2. The number of nitrogens with one attached hydrogen (secondary N) is 2. The third-order valence-electron chi connectivity index (χ3n) is 30.7. The molecule has 6 aromatic rings. The fourth-order valence-electron chi connectivity index (χ4n) is 21.6. The van der Waals surface area contributed by atoms with E-state index in [0.717, 1.165) is 62.1 Å². The first-order valence-corrected chi connectivity index (χ1v) is 50.9. The maximum atomic E-state index is 15.3. The van der Waals surface area contributed by atoms with E-state index in [-0.39, 0.29) is 135 Å². The highest BCUT2D eigenvalue weighted by atomic mass is 32.2. The van der Waals surface area contributed by atoms with Crippen LogP contribution in [-0.2, 0) is 67.9 Å². The number of carbonyl (C=O) groups excluding carboxylic acids is 8. The van der Waals surface area contributed by atoms with Crippen molar-refractivity contribution < 1.29 is 93.1 Å². The Balaban J connectivity index is 0.000000184. The Kier molecular flexibility index (Phi) is 26.5. The molecule has 8 saturated carbocycles. The highest BCUT2D eigenvalue weighted by molar-refractivity contribution is 7.92. The van der Waals surface area contributed by atoms with Gasteiger partial charge >= 0.3 is 11.9 Å². The summed E-state index contributed by atoms with van der Waals surface area (Å²) in [5.41, 5.74) is -0.00571. The second kappa shape index (κ2) is 37.3. The minimum absolute atomic E-state index is 0.0245. The SMILES string of the molecule is COc1ccc2c(O[C@@H]3C[C@H]4C(=O)C[C@]5(C(=O)NS(=O)(=O)C6(C)CC6)C[C@H]5/C=C\CC[C@@H](C)C[C@@H](C)[C@H](CC(=O)OC5C[C@@H]6C[C@@H]6C5)C(=O)N4C3)nc(-c3ccc(OC(C)C)nc3)cc2c1.COc1ccc2c(O[C@@H]3C[C@H]4C(=O)C[C@]5(C(=O)NS(=O)(=O)C6(C)CC6)C[C@H]5/C=C\CC[C@H](C)C[C@@H](C)[C@H](CC(=O)OC5C[C@@H]6C[C@@H]6C5)C(=O)N4C3)nc(-c3ccc(OC(C)C)nc3)cc2c1. The monoisotopic (exact) mass is 1850 g/mol. The van der Waals surface area contributed by atoms with Crippen LogP contribution in [0.25, 0.3) is 44.1 Å². The highest BCUT2D eigenvalue weighted by Gasteiger charge is 2.65. The van der Waals surface area contributed by atoms with Gasteiger partial charge in [0.05, 0.1) is 108 Å². The molecule has 2 N–H and O–H groups in total. The van der Waals surface area contributed by atoms with Crippen molar-refractivity contribution in [3.05, 3.63) is 109 Å². The molecule has 2 unspecified atom stereocenters. The Bertz CT molecular complexity index is 5370. The summed E-state index contributed by atoms with van der Waals surface area (Å²) >= 11 is 0. The Labute approximate surface area is 774 Å². The van der Waals surface area contributed by atoms with Crippen molar-refractivity contribution in [3.8, 4) is 57.5 Å². The van der Waals surface area contributed by atoms with Crippen molar-refractivity contribution in [2.75, 3.05) is 27.3 Å². The lowest BCUT2D eigenvalue weighted by Crippen LogP contribution is -2.48. The van der Waals surface area contributed by atoms with E-state index < -0.39 is 100 Å². The van der Waals surface area contributed by atoms with Gasteiger partial charge in [-0.25, -0.2) is 36.8 Å². The van der Waals surface area contributed by atoms with Gasteiger partial charge in [-0.15, -0.1) is 0 Å². The number of methoxy groups -OCH3 is 2. The molecule has 18 rings (SSSR count). The van der Waals surface area contributed by atoms with Crippen LogP contribution in [0.4, 0.5) is 0 Å². The van der Waals surface area contributed by atoms with Crippen molar-refractivity contribution in [3.63, 3.8) is 0 Å². The standard InChI is InChI=1S/2C51H64N4O10S/c2*1-29(2)63-45-14-11-32(27-52-45)42-22-35-21-37(62-6)12-13-40(35)47(53-42)65-39-23-43-44(56)26-51(49(59)54-66(60,61)50(5)15-16-50)25-36(51)10-8-7-9-30(3)17-31(4)41(48(58)55(43)28-39)24-46(57)64-38-19-33-18-34(33)20-38/h2*8,10-14,21-22,27,29-31,33-34,36,38-39,41,43H,7,9,15-20,23-26,28H2,1-6H3,(H,54,59)/b2*10-8-/t30-,31+,33-,34+,36+,38?,39+,41-,43-,51+;30-,31-,33-,34+,36-,38?,39-,41+,43+,51-/m01/s1. The van der Waals surface area contributed by atoms with Crippen molar-refractivity contribution >= 4 is 88.7 Å². The number of carbonyl (C=O) groups is 8. The van der Waals surface area contributed by atoms with Crippen LogP contribution in [0.15, 0.2) is 109 Å². The molecular weight excluding hydrogens is 1720 g/mol. The van der Waals surface area contributed by atoms with Crippen molar-refractivity contribution in [2.24, 2.45) is 81.8 Å². The number of sulfonamides is 2. The molecule has 28 nitrogen and oxygen atoms in total. The Morgan fingerprint density at radius 1 is 0.492 bits per heavy atom. The van der Waals surface area contributed by atoms with E-state index in [2.05, 4.69) is 33.3 Å². The summed E-state index contributed by atoms with van der Waals surface area (Å²) in [5.74, 6) is -0.537. The summed E-state index contributed by atoms with van der Waals surface area (Å²) in [6.45, 7) is 19.3. The van der Waals surface area contributed by atoms with Crippen LogP contribution in [-0.4, -0.2) is 179 Å². The number of Topliss-reactive ketones (excluding diaryl/α,β-unsaturated/α-hetero) is 2. The number of ketones is 2. The van der Waals surface area contributed by atoms with Gasteiger partial charge in [0, 0.05) is 72.1 Å². The van der Waals surface area contributed by atoms with Crippen molar-refractivity contribution in [1.29, 1.82) is 0 Å². The number of nitrogens with zero attached hydrogens (tertiary/aromatic N) is 6. The average molecular weight is 1850 g/mol. The van der Waals surface area contributed by atoms with E-state index in [1.807, 2.05) is 127 Å². The van der Waals surface area contributed by atoms with E-state index in [9.17, 15) is 36.0 Å². The third kappa shape index (κ3) is 20.5. The number of hydrogen-bond acceptors (Lipinski definition) is 24. The maximum Gasteiger partial charge on any atom is 0.306 e. The van der Waals surface area contributed by atoms with Gasteiger partial charge in [-0.3, -0.25) is 47.8 Å². The number of aromatic nitrogens is 4. The molecule has 0 radical (unpaired) electrons. The van der Waals surface area contributed by atoms with Crippen LogP contribution in [0.1, 0.15) is 223 Å². The molecule has 2 saturated heterocycles. The molecule has 4 aliphatic heterocycles. The molecule has 20 atom stereocenters. The van der Waals surface area contributed by atoms with Gasteiger partial charge in [0.2, 0.25) is 67.2 Å². The molecule has 4 aromatic heterocycles. The largest absolute Gasteiger partial charge is 0.497 e. The number of benzene rings is 2. The van der Waals surface area contributed by atoms with Gasteiger partial charge in [-0.05, 0) is 288 Å². The van der Waals surface area contributed by atoms with Crippen LogP contribution in [0.5, 0.6) is 35.0 Å². The first-order valence-electron chi connectivity index (χ1n) is 48.0. The van der Waals surface area contributed by atoms with Crippen LogP contribution in [0.3, 0.4) is 0 Å². The number of fused-ring (bicyclic) bond motifs is 8. The van der Waals surface area contributed by atoms with Crippen molar-refractivity contribution in [2.45, 2.75) is 282 Å². The molecule has 10 fully saturated rings. The molecule has 4 amide bonds. The van der Waals surface area contributed by atoms with E-state index in [1.165, 1.54) is 12.8 Å². The number of rotatable bonds is 24. The number of ether oxygens (including phenoxy) is 8. The number of pyridine rings is 4. The molecule has 2 aromatic carbocycles. The molecule has 0 bridgehead atoms. The first kappa shape index (κ1) is 93.7. The first-order chi connectivity index (χ1) is 62.9. The predicted octanol–water partition coefficient (Wildman–Crippen LogP) is 15.5. The van der Waals surface area contributed by atoms with E-state index in [4.69, 9.17) is 47.9 Å². The van der Waals surface area contributed by atoms with Crippen LogP contribution >= 0.6 is 0 Å². The molecular formula is C102H128N8O20S2. The zero-order valence-corrected chi connectivity index (χ0v) is 79.6. The lowest BCUT2D eigenvalue weighted by atomic mass is 9.82. The van der Waals surface area contributed by atoms with Gasteiger partial charge in [-0.2, -0.15) is 0 Å². The van der Waals surface area contributed by atoms with Crippen LogP contribution < -0.4 is 37.9 Å². The fourth-order valence-corrected chi connectivity index (χ4v) is 24.3. The highest BCUT2D eigenvalue weighted by Crippen LogP contribution is 2.60. The third-order valence-corrected chi connectivity index (χ3v) is 35.0. The molecule has 132 heavy (non-hydrogen) atoms. The number of esters is 2. The molecule has 0 spiro atoms. The van der Waals surface area contributed by atoms with E-state index in [0.29, 0.717) is 143 Å². The summed E-state index contributed by atoms with van der Waals surface area (Å²) in [4.78, 5) is 139. The van der Waals surface area contributed by atoms with E-state index >= 15 is 19.2 Å². The summed E-state index contributed by atoms with van der Waals surface area (Å²) in [6, 6.07) is 20.3. The van der Waals surface area contributed by atoms with E-state index in [1.54, 1.807) is 62.4 Å². The molecule has 12 aliphatic rings. The summed E-state index contributed by atoms with van der Waals surface area (Å²) in [6.07, 6.45) is 21.7. The fraction of sp³-hybridized carbons (Fsp3) is 0.608. The Morgan fingerprint density at radius 2 is 0.879 bits per heavy atom.